The highest BCUT2D eigenvalue weighted by Crippen LogP contribution is 2.18. The summed E-state index contributed by atoms with van der Waals surface area (Å²) in [5.41, 5.74) is 7.79. The summed E-state index contributed by atoms with van der Waals surface area (Å²) in [7, 11) is -1.70. The van der Waals surface area contributed by atoms with Crippen LogP contribution in [-0.4, -0.2) is 14.2 Å². The van der Waals surface area contributed by atoms with E-state index >= 15 is 0 Å². The normalized spacial score (nSPS) is 11.9. The van der Waals surface area contributed by atoms with E-state index in [4.69, 9.17) is 11.1 Å². The Balaban J connectivity index is 2.21. The lowest BCUT2D eigenvalue weighted by Gasteiger charge is -2.09. The van der Waals surface area contributed by atoms with Gasteiger partial charge in [-0.2, -0.15) is 0 Å². The van der Waals surface area contributed by atoms with Crippen molar-refractivity contribution in [2.45, 2.75) is 6.92 Å². The molecule has 4 N–H and O–H groups in total. The summed E-state index contributed by atoms with van der Waals surface area (Å²) in [5.74, 6) is 0.178. The fraction of sp³-hybridized carbons (Fsp3) is 0.0769. The molecule has 0 radical (unpaired) electrons. The average Bonchev–Trinajstić information content (AvgIpc) is 2.40. The molecule has 2 aromatic rings. The summed E-state index contributed by atoms with van der Waals surface area (Å²) >= 11 is 3.26. The van der Waals surface area contributed by atoms with E-state index in [1.807, 2.05) is 25.1 Å². The molecule has 1 unspecified atom stereocenters. The Kier molecular flexibility index (Phi) is 4.51. The molecule has 1 heterocycles. The minimum Gasteiger partial charge on any atom is -0.383 e. The molecular formula is C13H13BrN4OS. The van der Waals surface area contributed by atoms with Gasteiger partial charge in [-0.15, -0.1) is 0 Å². The van der Waals surface area contributed by atoms with Gasteiger partial charge in [0.2, 0.25) is 0 Å². The number of rotatable bonds is 3. The van der Waals surface area contributed by atoms with E-state index in [9.17, 15) is 4.21 Å². The van der Waals surface area contributed by atoms with Crippen LogP contribution < -0.4 is 10.5 Å². The van der Waals surface area contributed by atoms with Crippen LogP contribution in [0.25, 0.3) is 0 Å². The highest BCUT2D eigenvalue weighted by atomic mass is 79.9. The number of aryl methyl sites for hydroxylation is 1. The van der Waals surface area contributed by atoms with Crippen LogP contribution in [0.1, 0.15) is 11.1 Å². The van der Waals surface area contributed by atoms with Crippen molar-refractivity contribution in [2.24, 2.45) is 0 Å². The summed E-state index contributed by atoms with van der Waals surface area (Å²) in [6.45, 7) is 1.94. The number of nitrogens with two attached hydrogens (primary N) is 1. The van der Waals surface area contributed by atoms with E-state index in [1.54, 1.807) is 12.1 Å². The minimum atomic E-state index is -1.70. The van der Waals surface area contributed by atoms with Gasteiger partial charge in [0.25, 0.3) is 0 Å². The Morgan fingerprint density at radius 1 is 1.45 bits per heavy atom. The molecule has 2 rings (SSSR count). The van der Waals surface area contributed by atoms with E-state index in [-0.39, 0.29) is 10.9 Å². The molecule has 0 bridgehead atoms. The number of nitrogen functional groups attached to an aromatic ring is 1. The second-order valence-electron chi connectivity index (χ2n) is 4.16. The van der Waals surface area contributed by atoms with Gasteiger partial charge in [0, 0.05) is 16.4 Å². The fourth-order valence-electron chi connectivity index (χ4n) is 1.60. The Morgan fingerprint density at radius 3 is 2.90 bits per heavy atom. The van der Waals surface area contributed by atoms with Gasteiger partial charge in [-0.25, -0.2) is 9.19 Å². The quantitative estimate of drug-likeness (QED) is 0.585. The Bertz CT molecular complexity index is 690. The summed E-state index contributed by atoms with van der Waals surface area (Å²) < 4.78 is 15.6. The van der Waals surface area contributed by atoms with E-state index < -0.39 is 11.0 Å². The first kappa shape index (κ1) is 14.7. The van der Waals surface area contributed by atoms with Crippen LogP contribution in [0.5, 0.6) is 0 Å². The lowest BCUT2D eigenvalue weighted by atomic mass is 10.2. The van der Waals surface area contributed by atoms with Gasteiger partial charge in [-0.05, 0) is 46.6 Å². The van der Waals surface area contributed by atoms with Crippen molar-refractivity contribution in [1.82, 2.24) is 4.98 Å². The van der Waals surface area contributed by atoms with Crippen LogP contribution >= 0.6 is 15.9 Å². The van der Waals surface area contributed by atoms with Crippen LogP contribution in [0.2, 0.25) is 0 Å². The third kappa shape index (κ3) is 3.43. The van der Waals surface area contributed by atoms with Crippen LogP contribution in [0.4, 0.5) is 11.5 Å². The maximum atomic E-state index is 12.2. The summed E-state index contributed by atoms with van der Waals surface area (Å²) in [6.07, 6.45) is 1.53. The zero-order valence-electron chi connectivity index (χ0n) is 10.7. The van der Waals surface area contributed by atoms with Crippen LogP contribution in [-0.2, 0) is 11.0 Å². The molecule has 0 amide bonds. The minimum absolute atomic E-state index is 0.113. The van der Waals surface area contributed by atoms with Crippen molar-refractivity contribution in [3.8, 4) is 0 Å². The van der Waals surface area contributed by atoms with Crippen LogP contribution in [0, 0.1) is 12.3 Å². The molecule has 1 aromatic carbocycles. The first-order valence-electron chi connectivity index (χ1n) is 5.72. The number of pyridine rings is 1. The third-order valence-electron chi connectivity index (χ3n) is 2.54. The Morgan fingerprint density at radius 2 is 2.20 bits per heavy atom. The molecular weight excluding hydrogens is 340 g/mol. The van der Waals surface area contributed by atoms with Gasteiger partial charge in [0.1, 0.15) is 5.82 Å². The maximum absolute atomic E-state index is 12.2. The molecule has 0 fully saturated rings. The first-order chi connectivity index (χ1) is 9.47. The van der Waals surface area contributed by atoms with E-state index in [1.165, 1.54) is 6.20 Å². The van der Waals surface area contributed by atoms with E-state index in [0.717, 1.165) is 5.56 Å². The lowest BCUT2D eigenvalue weighted by Crippen LogP contribution is -2.17. The first-order valence-corrected chi connectivity index (χ1v) is 7.66. The topological polar surface area (TPSA) is 91.9 Å². The number of nitrogens with zero attached hydrogens (tertiary/aromatic N) is 1. The fourth-order valence-corrected chi connectivity index (χ4v) is 2.74. The van der Waals surface area contributed by atoms with Crippen molar-refractivity contribution in [2.75, 3.05) is 10.5 Å². The number of anilines is 2. The zero-order chi connectivity index (χ0) is 14.7. The Hall–Kier alpha value is -1.73. The number of hydrogen-bond acceptors (Lipinski definition) is 4. The molecule has 0 saturated heterocycles. The summed E-state index contributed by atoms with van der Waals surface area (Å²) in [4.78, 5) is 3.93. The summed E-state index contributed by atoms with van der Waals surface area (Å²) in [6, 6.07) is 9.07. The maximum Gasteiger partial charge on any atom is 0.169 e. The van der Waals surface area contributed by atoms with Crippen molar-refractivity contribution in [1.29, 1.82) is 5.41 Å². The molecule has 1 atom stereocenters. The highest BCUT2D eigenvalue weighted by Gasteiger charge is 2.15. The van der Waals surface area contributed by atoms with Gasteiger partial charge in [0.05, 0.1) is 5.56 Å². The molecule has 0 saturated carbocycles. The third-order valence-corrected chi connectivity index (χ3v) is 3.99. The second-order valence-corrected chi connectivity index (χ2v) is 6.22. The van der Waals surface area contributed by atoms with Gasteiger partial charge >= 0.3 is 0 Å². The van der Waals surface area contributed by atoms with E-state index in [2.05, 4.69) is 25.6 Å². The zero-order valence-corrected chi connectivity index (χ0v) is 13.1. The smallest absolute Gasteiger partial charge is 0.169 e. The Labute approximate surface area is 127 Å². The monoisotopic (exact) mass is 352 g/mol. The molecule has 0 aliphatic carbocycles. The molecule has 0 aliphatic rings. The molecule has 7 heteroatoms. The molecule has 1 aromatic heterocycles. The average molecular weight is 353 g/mol. The van der Waals surface area contributed by atoms with E-state index in [0.29, 0.717) is 15.7 Å². The molecule has 0 aliphatic heterocycles. The predicted octanol–water partition coefficient (Wildman–Crippen LogP) is 2.84. The number of nitrogens with one attached hydrogen (secondary N) is 2. The largest absolute Gasteiger partial charge is 0.383 e. The molecule has 20 heavy (non-hydrogen) atoms. The highest BCUT2D eigenvalue weighted by molar-refractivity contribution is 9.10. The van der Waals surface area contributed by atoms with Gasteiger partial charge in [-0.1, -0.05) is 12.1 Å². The van der Waals surface area contributed by atoms with Crippen LogP contribution in [0.3, 0.4) is 0 Å². The SMILES string of the molecule is Cc1cccc(NS(=O)C(=N)c2cc(Br)cnc2N)c1. The second kappa shape index (κ2) is 6.15. The lowest BCUT2D eigenvalue weighted by molar-refractivity contribution is 0.692. The van der Waals surface area contributed by atoms with Gasteiger partial charge < -0.3 is 5.73 Å². The van der Waals surface area contributed by atoms with Gasteiger partial charge in [0.15, 0.2) is 16.0 Å². The molecule has 104 valence electrons. The van der Waals surface area contributed by atoms with Crippen molar-refractivity contribution < 1.29 is 4.21 Å². The number of halogens is 1. The number of benzene rings is 1. The van der Waals surface area contributed by atoms with Gasteiger partial charge in [-0.3, -0.25) is 10.1 Å². The summed E-state index contributed by atoms with van der Waals surface area (Å²) in [5, 5.41) is 7.86. The van der Waals surface area contributed by atoms with Crippen molar-refractivity contribution in [3.05, 3.63) is 52.1 Å². The van der Waals surface area contributed by atoms with Crippen molar-refractivity contribution >= 4 is 43.5 Å². The molecule has 0 spiro atoms. The van der Waals surface area contributed by atoms with Crippen LogP contribution in [0.15, 0.2) is 41.0 Å². The molecule has 5 nitrogen and oxygen atoms in total. The van der Waals surface area contributed by atoms with Crippen molar-refractivity contribution in [3.63, 3.8) is 0 Å². The number of aromatic nitrogens is 1. The standard InChI is InChI=1S/C13H13BrN4OS/c1-8-3-2-4-10(5-8)18-20(19)13(16)11-6-9(14)7-17-12(11)15/h2-7,16,18H,1H3,(H2,15,17). The number of hydrogen-bond donors (Lipinski definition) is 3. The predicted molar refractivity (Wildman–Crippen MR) is 86.1 cm³/mol.